The number of hydrogen-bond acceptors (Lipinski definition) is 5. The van der Waals surface area contributed by atoms with Crippen LogP contribution in [0.3, 0.4) is 0 Å². The molecule has 4 rings (SSSR count). The number of benzene rings is 2. The van der Waals surface area contributed by atoms with Crippen LogP contribution < -0.4 is 10.2 Å². The number of para-hydroxylation sites is 1. The van der Waals surface area contributed by atoms with Crippen molar-refractivity contribution in [1.82, 2.24) is 9.97 Å². The van der Waals surface area contributed by atoms with Crippen LogP contribution in [0.5, 0.6) is 0 Å². The van der Waals surface area contributed by atoms with Crippen LogP contribution in [0.25, 0.3) is 0 Å². The number of anilines is 2. The van der Waals surface area contributed by atoms with Crippen LogP contribution >= 0.6 is 11.6 Å². The van der Waals surface area contributed by atoms with Crippen LogP contribution in [0.1, 0.15) is 31.2 Å². The summed E-state index contributed by atoms with van der Waals surface area (Å²) in [6.07, 6.45) is 2.53. The summed E-state index contributed by atoms with van der Waals surface area (Å²) in [5, 5.41) is 3.14. The van der Waals surface area contributed by atoms with Gasteiger partial charge in [-0.1, -0.05) is 23.7 Å². The number of rotatable bonds is 3. The molecule has 0 aliphatic carbocycles. The fourth-order valence-corrected chi connectivity index (χ4v) is 2.91. The lowest BCUT2D eigenvalue weighted by molar-refractivity contribution is 0.0924. The molecule has 1 N–H and O–H groups in total. The van der Waals surface area contributed by atoms with Gasteiger partial charge in [-0.05, 0) is 36.4 Å². The molecule has 0 fully saturated rings. The zero-order valence-corrected chi connectivity index (χ0v) is 14.5. The molecule has 1 aliphatic rings. The summed E-state index contributed by atoms with van der Waals surface area (Å²) in [7, 11) is 0. The Hall–Kier alpha value is -3.58. The summed E-state index contributed by atoms with van der Waals surface area (Å²) in [5.74, 6) is -1.38. The first-order chi connectivity index (χ1) is 13.1. The van der Waals surface area contributed by atoms with E-state index in [9.17, 15) is 14.4 Å². The Morgan fingerprint density at radius 3 is 2.44 bits per heavy atom. The fraction of sp³-hybridized carbons (Fsp3) is 0. The van der Waals surface area contributed by atoms with E-state index >= 15 is 0 Å². The molecule has 2 heterocycles. The molecule has 0 spiro atoms. The SMILES string of the molecule is O=C(Nc1ccccc1Cl)c1ccc(N2C(=O)c3cncnc3C2=O)cc1. The van der Waals surface area contributed by atoms with E-state index in [1.807, 2.05) is 0 Å². The van der Waals surface area contributed by atoms with Crippen molar-refractivity contribution < 1.29 is 14.4 Å². The molecule has 7 nitrogen and oxygen atoms in total. The van der Waals surface area contributed by atoms with Gasteiger partial charge >= 0.3 is 0 Å². The Kier molecular flexibility index (Phi) is 4.13. The summed E-state index contributed by atoms with van der Waals surface area (Å²) in [5.41, 5.74) is 1.41. The second kappa shape index (κ2) is 6.62. The van der Waals surface area contributed by atoms with Gasteiger partial charge in [-0.15, -0.1) is 0 Å². The first-order valence-electron chi connectivity index (χ1n) is 7.91. The minimum absolute atomic E-state index is 0.0653. The van der Waals surface area contributed by atoms with Crippen LogP contribution in [0.15, 0.2) is 61.1 Å². The number of hydrogen-bond donors (Lipinski definition) is 1. The molecule has 0 bridgehead atoms. The second-order valence-corrected chi connectivity index (χ2v) is 6.12. The first kappa shape index (κ1) is 16.9. The molecule has 2 aromatic carbocycles. The Morgan fingerprint density at radius 1 is 1.00 bits per heavy atom. The van der Waals surface area contributed by atoms with Gasteiger partial charge in [0.05, 0.1) is 22.0 Å². The number of fused-ring (bicyclic) bond motifs is 1. The highest BCUT2D eigenvalue weighted by Gasteiger charge is 2.38. The number of nitrogens with one attached hydrogen (secondary N) is 1. The van der Waals surface area contributed by atoms with E-state index in [1.54, 1.807) is 24.3 Å². The van der Waals surface area contributed by atoms with Crippen molar-refractivity contribution >= 4 is 40.7 Å². The topological polar surface area (TPSA) is 92.3 Å². The third kappa shape index (κ3) is 2.94. The van der Waals surface area contributed by atoms with Gasteiger partial charge in [0.25, 0.3) is 17.7 Å². The molecule has 0 atom stereocenters. The molecule has 0 saturated carbocycles. The van der Waals surface area contributed by atoms with E-state index in [0.29, 0.717) is 22.0 Å². The van der Waals surface area contributed by atoms with Crippen molar-refractivity contribution in [3.05, 3.63) is 82.9 Å². The molecule has 1 aromatic heterocycles. The van der Waals surface area contributed by atoms with Gasteiger partial charge in [0, 0.05) is 11.8 Å². The summed E-state index contributed by atoms with van der Waals surface area (Å²) in [6.45, 7) is 0. The molecule has 8 heteroatoms. The molecule has 0 unspecified atom stereocenters. The standard InChI is InChI=1S/C19H11ClN4O3/c20-14-3-1-2-4-15(14)23-17(25)11-5-7-12(8-6-11)24-18(26)13-9-21-10-22-16(13)19(24)27/h1-10H,(H,23,25). The van der Waals surface area contributed by atoms with Crippen molar-refractivity contribution in [2.24, 2.45) is 0 Å². The number of nitrogens with zero attached hydrogens (tertiary/aromatic N) is 3. The maximum absolute atomic E-state index is 12.4. The van der Waals surface area contributed by atoms with Crippen LogP contribution in [-0.2, 0) is 0 Å². The maximum Gasteiger partial charge on any atom is 0.284 e. The van der Waals surface area contributed by atoms with Gasteiger partial charge in [-0.25, -0.2) is 14.9 Å². The van der Waals surface area contributed by atoms with Crippen LogP contribution in [0, 0.1) is 0 Å². The maximum atomic E-state index is 12.4. The molecule has 1 aliphatic heterocycles. The Morgan fingerprint density at radius 2 is 1.74 bits per heavy atom. The third-order valence-corrected chi connectivity index (χ3v) is 4.39. The summed E-state index contributed by atoms with van der Waals surface area (Å²) >= 11 is 6.04. The molecule has 3 amide bonds. The summed E-state index contributed by atoms with van der Waals surface area (Å²) in [4.78, 5) is 45.9. The predicted octanol–water partition coefficient (Wildman–Crippen LogP) is 3.18. The largest absolute Gasteiger partial charge is 0.321 e. The molecule has 0 saturated heterocycles. The monoisotopic (exact) mass is 378 g/mol. The zero-order valence-electron chi connectivity index (χ0n) is 13.7. The smallest absolute Gasteiger partial charge is 0.284 e. The van der Waals surface area contributed by atoms with Crippen molar-refractivity contribution in [2.75, 3.05) is 10.2 Å². The quantitative estimate of drug-likeness (QED) is 0.706. The molecule has 3 aromatic rings. The average molecular weight is 379 g/mol. The lowest BCUT2D eigenvalue weighted by atomic mass is 10.1. The summed E-state index contributed by atoms with van der Waals surface area (Å²) in [6, 6.07) is 13.0. The second-order valence-electron chi connectivity index (χ2n) is 5.71. The predicted molar refractivity (Wildman–Crippen MR) is 99.0 cm³/mol. The number of carbonyl (C=O) groups excluding carboxylic acids is 3. The van der Waals surface area contributed by atoms with E-state index in [1.165, 1.54) is 36.8 Å². The molecule has 132 valence electrons. The number of imide groups is 1. The van der Waals surface area contributed by atoms with Gasteiger partial charge in [0.15, 0.2) is 0 Å². The van der Waals surface area contributed by atoms with Crippen molar-refractivity contribution in [1.29, 1.82) is 0 Å². The van der Waals surface area contributed by atoms with Gasteiger partial charge in [-0.2, -0.15) is 0 Å². The van der Waals surface area contributed by atoms with Gasteiger partial charge in [-0.3, -0.25) is 14.4 Å². The zero-order chi connectivity index (χ0) is 19.0. The van der Waals surface area contributed by atoms with Gasteiger partial charge < -0.3 is 5.32 Å². The minimum atomic E-state index is -0.523. The van der Waals surface area contributed by atoms with Gasteiger partial charge in [0.2, 0.25) is 0 Å². The lowest BCUT2D eigenvalue weighted by Crippen LogP contribution is -2.29. The summed E-state index contributed by atoms with van der Waals surface area (Å²) < 4.78 is 0. The Balaban J connectivity index is 1.57. The Bertz CT molecular complexity index is 1050. The normalized spacial score (nSPS) is 12.9. The first-order valence-corrected chi connectivity index (χ1v) is 8.29. The van der Waals surface area contributed by atoms with Crippen LogP contribution in [-0.4, -0.2) is 27.7 Å². The Labute approximate surface area is 158 Å². The van der Waals surface area contributed by atoms with Crippen molar-refractivity contribution in [3.8, 4) is 0 Å². The molecular weight excluding hydrogens is 368 g/mol. The average Bonchev–Trinajstić information content (AvgIpc) is 2.95. The van der Waals surface area contributed by atoms with Crippen molar-refractivity contribution in [3.63, 3.8) is 0 Å². The fourth-order valence-electron chi connectivity index (χ4n) is 2.73. The van der Waals surface area contributed by atoms with Gasteiger partial charge in [0.1, 0.15) is 12.0 Å². The van der Waals surface area contributed by atoms with E-state index in [-0.39, 0.29) is 17.2 Å². The van der Waals surface area contributed by atoms with E-state index < -0.39 is 11.8 Å². The van der Waals surface area contributed by atoms with Crippen molar-refractivity contribution in [2.45, 2.75) is 0 Å². The third-order valence-electron chi connectivity index (χ3n) is 4.06. The number of aromatic nitrogens is 2. The number of carbonyl (C=O) groups is 3. The van der Waals surface area contributed by atoms with Crippen LogP contribution in [0.2, 0.25) is 5.02 Å². The van der Waals surface area contributed by atoms with E-state index in [4.69, 9.17) is 11.6 Å². The van der Waals surface area contributed by atoms with E-state index in [0.717, 1.165) is 4.90 Å². The molecule has 27 heavy (non-hydrogen) atoms. The number of amides is 3. The minimum Gasteiger partial charge on any atom is -0.321 e. The van der Waals surface area contributed by atoms with Crippen LogP contribution in [0.4, 0.5) is 11.4 Å². The number of halogens is 1. The highest BCUT2D eigenvalue weighted by molar-refractivity contribution is 6.34. The lowest BCUT2D eigenvalue weighted by Gasteiger charge is -2.14. The molecule has 0 radical (unpaired) electrons. The highest BCUT2D eigenvalue weighted by Crippen LogP contribution is 2.27. The molecular formula is C19H11ClN4O3. The van der Waals surface area contributed by atoms with E-state index in [2.05, 4.69) is 15.3 Å². The highest BCUT2D eigenvalue weighted by atomic mass is 35.5.